The van der Waals surface area contributed by atoms with E-state index in [-0.39, 0.29) is 17.9 Å². The van der Waals surface area contributed by atoms with Crippen LogP contribution in [0.25, 0.3) is 0 Å². The van der Waals surface area contributed by atoms with Crippen molar-refractivity contribution in [1.82, 2.24) is 15.1 Å². The van der Waals surface area contributed by atoms with E-state index in [9.17, 15) is 4.79 Å². The molecule has 1 aliphatic carbocycles. The molecule has 0 saturated carbocycles. The van der Waals surface area contributed by atoms with Gasteiger partial charge in [-0.3, -0.25) is 9.48 Å². The lowest BCUT2D eigenvalue weighted by Gasteiger charge is -2.25. The lowest BCUT2D eigenvalue weighted by Crippen LogP contribution is -2.34. The number of fused-ring (bicyclic) bond motifs is 1. The summed E-state index contributed by atoms with van der Waals surface area (Å²) in [7, 11) is 1.97. The van der Waals surface area contributed by atoms with Crippen molar-refractivity contribution in [3.63, 3.8) is 0 Å². The van der Waals surface area contributed by atoms with Crippen LogP contribution in [0, 0.1) is 5.92 Å². The van der Waals surface area contributed by atoms with Crippen LogP contribution in [-0.2, 0) is 18.3 Å². The van der Waals surface area contributed by atoms with E-state index in [1.54, 1.807) is 0 Å². The monoisotopic (exact) mass is 235 g/mol. The van der Waals surface area contributed by atoms with Crippen molar-refractivity contribution in [3.05, 3.63) is 17.5 Å². The molecule has 17 heavy (non-hydrogen) atoms. The van der Waals surface area contributed by atoms with E-state index in [0.29, 0.717) is 0 Å². The molecule has 1 heterocycles. The first-order chi connectivity index (χ1) is 8.13. The van der Waals surface area contributed by atoms with E-state index >= 15 is 0 Å². The molecule has 0 unspecified atom stereocenters. The van der Waals surface area contributed by atoms with Gasteiger partial charge in [0.2, 0.25) is 5.91 Å². The summed E-state index contributed by atoms with van der Waals surface area (Å²) in [6.45, 7) is 4.02. The molecule has 0 saturated heterocycles. The second-order valence-electron chi connectivity index (χ2n) is 4.93. The zero-order valence-electron chi connectivity index (χ0n) is 10.9. The first kappa shape index (κ1) is 12.1. The number of rotatable bonds is 3. The van der Waals surface area contributed by atoms with Gasteiger partial charge in [0.05, 0.1) is 12.2 Å². The van der Waals surface area contributed by atoms with E-state index < -0.39 is 0 Å². The van der Waals surface area contributed by atoms with Crippen LogP contribution in [-0.4, -0.2) is 15.7 Å². The molecular weight excluding hydrogens is 214 g/mol. The molecule has 94 valence electrons. The molecular formula is C13H21N3O. The Morgan fingerprint density at radius 1 is 1.71 bits per heavy atom. The predicted octanol–water partition coefficient (Wildman–Crippen LogP) is 1.96. The van der Waals surface area contributed by atoms with Gasteiger partial charge in [0, 0.05) is 24.2 Å². The van der Waals surface area contributed by atoms with Crippen molar-refractivity contribution in [2.45, 2.75) is 45.6 Å². The van der Waals surface area contributed by atoms with Gasteiger partial charge in [-0.05, 0) is 25.7 Å². The fraction of sp³-hybridized carbons (Fsp3) is 0.692. The van der Waals surface area contributed by atoms with Crippen molar-refractivity contribution in [2.75, 3.05) is 0 Å². The van der Waals surface area contributed by atoms with Crippen LogP contribution in [0.5, 0.6) is 0 Å². The summed E-state index contributed by atoms with van der Waals surface area (Å²) in [5.41, 5.74) is 2.47. The molecule has 1 N–H and O–H groups in total. The predicted molar refractivity (Wildman–Crippen MR) is 66.5 cm³/mol. The highest BCUT2D eigenvalue weighted by atomic mass is 16.1. The molecule has 0 aromatic carbocycles. The number of aryl methyl sites for hydroxylation is 1. The molecule has 2 atom stereocenters. The van der Waals surface area contributed by atoms with Crippen LogP contribution in [0.15, 0.2) is 6.20 Å². The van der Waals surface area contributed by atoms with Crippen LogP contribution in [0.4, 0.5) is 0 Å². The Balaban J connectivity index is 2.11. The maximum absolute atomic E-state index is 11.9. The largest absolute Gasteiger partial charge is 0.349 e. The maximum Gasteiger partial charge on any atom is 0.223 e. The van der Waals surface area contributed by atoms with Gasteiger partial charge >= 0.3 is 0 Å². The average molecular weight is 235 g/mol. The summed E-state index contributed by atoms with van der Waals surface area (Å²) in [5, 5.41) is 7.43. The second kappa shape index (κ2) is 4.90. The van der Waals surface area contributed by atoms with Gasteiger partial charge in [-0.2, -0.15) is 5.10 Å². The summed E-state index contributed by atoms with van der Waals surface area (Å²) in [6, 6.07) is 0.161. The van der Waals surface area contributed by atoms with Gasteiger partial charge in [-0.15, -0.1) is 0 Å². The molecule has 1 aromatic rings. The maximum atomic E-state index is 11.9. The summed E-state index contributed by atoms with van der Waals surface area (Å²) < 4.78 is 1.93. The number of hydrogen-bond donors (Lipinski definition) is 1. The smallest absolute Gasteiger partial charge is 0.223 e. The highest BCUT2D eigenvalue weighted by Gasteiger charge is 2.25. The minimum Gasteiger partial charge on any atom is -0.349 e. The number of amides is 1. The number of nitrogens with one attached hydrogen (secondary N) is 1. The average Bonchev–Trinajstić information content (AvgIpc) is 2.71. The van der Waals surface area contributed by atoms with E-state index in [2.05, 4.69) is 10.4 Å². The molecule has 0 fully saturated rings. The van der Waals surface area contributed by atoms with Crippen molar-refractivity contribution < 1.29 is 4.79 Å². The van der Waals surface area contributed by atoms with E-state index in [1.165, 1.54) is 11.3 Å². The highest BCUT2D eigenvalue weighted by molar-refractivity contribution is 5.78. The van der Waals surface area contributed by atoms with Gasteiger partial charge in [-0.1, -0.05) is 13.8 Å². The Labute approximate surface area is 102 Å². The number of aromatic nitrogens is 2. The quantitative estimate of drug-likeness (QED) is 0.870. The topological polar surface area (TPSA) is 46.9 Å². The van der Waals surface area contributed by atoms with Gasteiger partial charge in [0.15, 0.2) is 0 Å². The Morgan fingerprint density at radius 3 is 3.18 bits per heavy atom. The van der Waals surface area contributed by atoms with Crippen LogP contribution >= 0.6 is 0 Å². The minimum absolute atomic E-state index is 0.0945. The van der Waals surface area contributed by atoms with Crippen molar-refractivity contribution in [3.8, 4) is 0 Å². The third-order valence-corrected chi connectivity index (χ3v) is 3.75. The van der Waals surface area contributed by atoms with Crippen molar-refractivity contribution >= 4 is 5.91 Å². The van der Waals surface area contributed by atoms with Crippen molar-refractivity contribution in [2.24, 2.45) is 13.0 Å². The zero-order valence-corrected chi connectivity index (χ0v) is 10.9. The first-order valence-corrected chi connectivity index (χ1v) is 6.44. The van der Waals surface area contributed by atoms with E-state index in [0.717, 1.165) is 25.7 Å². The van der Waals surface area contributed by atoms with Gasteiger partial charge in [0.25, 0.3) is 0 Å². The van der Waals surface area contributed by atoms with Gasteiger partial charge in [0.1, 0.15) is 0 Å². The third-order valence-electron chi connectivity index (χ3n) is 3.75. The molecule has 4 heteroatoms. The summed E-state index contributed by atoms with van der Waals surface area (Å²) >= 11 is 0. The fourth-order valence-corrected chi connectivity index (χ4v) is 2.36. The number of nitrogens with zero attached hydrogens (tertiary/aromatic N) is 2. The second-order valence-corrected chi connectivity index (χ2v) is 4.93. The summed E-state index contributed by atoms with van der Waals surface area (Å²) in [5.74, 6) is 0.256. The van der Waals surface area contributed by atoms with E-state index in [1.807, 2.05) is 31.8 Å². The molecule has 0 spiro atoms. The minimum atomic E-state index is 0.0945. The summed E-state index contributed by atoms with van der Waals surface area (Å²) in [4.78, 5) is 11.9. The summed E-state index contributed by atoms with van der Waals surface area (Å²) in [6.07, 6.45) is 6.01. The molecule has 4 nitrogen and oxygen atoms in total. The number of carbonyl (C=O) groups excluding carboxylic acids is 1. The lowest BCUT2D eigenvalue weighted by atomic mass is 9.92. The Morgan fingerprint density at radius 2 is 2.47 bits per heavy atom. The van der Waals surface area contributed by atoms with E-state index in [4.69, 9.17) is 0 Å². The van der Waals surface area contributed by atoms with Crippen LogP contribution in [0.1, 0.15) is 50.4 Å². The van der Waals surface area contributed by atoms with Gasteiger partial charge < -0.3 is 5.32 Å². The first-order valence-electron chi connectivity index (χ1n) is 6.44. The van der Waals surface area contributed by atoms with Crippen molar-refractivity contribution in [1.29, 1.82) is 0 Å². The Bertz CT molecular complexity index is 411. The Hall–Kier alpha value is -1.32. The molecule has 0 bridgehead atoms. The highest BCUT2D eigenvalue weighted by Crippen LogP contribution is 2.29. The molecule has 1 aliphatic rings. The molecule has 0 radical (unpaired) electrons. The van der Waals surface area contributed by atoms with Gasteiger partial charge in [-0.25, -0.2) is 0 Å². The number of carbonyl (C=O) groups is 1. The zero-order chi connectivity index (χ0) is 12.4. The molecule has 0 aliphatic heterocycles. The molecule has 1 amide bonds. The standard InChI is InChI=1S/C13H21N3O/c1-4-9(2)13(17)15-11-6-5-7-12-10(11)8-14-16(12)3/h8-9,11H,4-7H2,1-3H3,(H,15,17)/t9-,11-/m0/s1. The number of hydrogen-bond acceptors (Lipinski definition) is 2. The third kappa shape index (κ3) is 2.35. The van der Waals surface area contributed by atoms with Crippen LogP contribution < -0.4 is 5.32 Å². The Kier molecular flexibility index (Phi) is 3.50. The molecule has 1 aromatic heterocycles. The molecule has 2 rings (SSSR count). The lowest BCUT2D eigenvalue weighted by molar-refractivity contribution is -0.125. The normalized spacial score (nSPS) is 20.8. The SMILES string of the molecule is CC[C@H](C)C(=O)N[C@H]1CCCc2c1cnn2C. The van der Waals surface area contributed by atoms with Crippen LogP contribution in [0.2, 0.25) is 0 Å². The van der Waals surface area contributed by atoms with Crippen LogP contribution in [0.3, 0.4) is 0 Å². The fourth-order valence-electron chi connectivity index (χ4n) is 2.36.